The first-order chi connectivity index (χ1) is 10.1. The molecule has 1 atom stereocenters. The number of rotatable bonds is 3. The Balaban J connectivity index is 2.03. The van der Waals surface area contributed by atoms with Crippen molar-refractivity contribution in [1.82, 2.24) is 0 Å². The zero-order valence-corrected chi connectivity index (χ0v) is 14.5. The maximum Gasteiger partial charge on any atom is 0.165 e. The van der Waals surface area contributed by atoms with Crippen molar-refractivity contribution < 1.29 is 13.9 Å². The van der Waals surface area contributed by atoms with E-state index in [-0.39, 0.29) is 16.4 Å². The lowest BCUT2D eigenvalue weighted by Gasteiger charge is -2.16. The monoisotopic (exact) mass is 414 g/mol. The quantitative estimate of drug-likeness (QED) is 0.655. The smallest absolute Gasteiger partial charge is 0.165 e. The number of alkyl halides is 1. The van der Waals surface area contributed by atoms with Gasteiger partial charge < -0.3 is 9.47 Å². The number of methoxy groups -OCH3 is 1. The number of fused-ring (bicyclic) bond motifs is 1. The minimum atomic E-state index is -0.369. The average Bonchev–Trinajstić information content (AvgIpc) is 2.93. The Morgan fingerprint density at radius 3 is 2.81 bits per heavy atom. The zero-order valence-electron chi connectivity index (χ0n) is 11.3. The minimum absolute atomic E-state index is 0.137. The first-order valence-corrected chi connectivity index (χ1v) is 8.23. The second-order valence-electron chi connectivity index (χ2n) is 4.84. The van der Waals surface area contributed by atoms with Gasteiger partial charge >= 0.3 is 0 Å². The molecule has 0 N–H and O–H groups in total. The lowest BCUT2D eigenvalue weighted by molar-refractivity contribution is 0.354. The van der Waals surface area contributed by atoms with Crippen LogP contribution in [0.15, 0.2) is 34.8 Å². The normalized spacial score (nSPS) is 14.5. The van der Waals surface area contributed by atoms with E-state index in [1.807, 2.05) is 12.1 Å². The summed E-state index contributed by atoms with van der Waals surface area (Å²) in [5.41, 5.74) is 3.00. The molecule has 0 saturated heterocycles. The van der Waals surface area contributed by atoms with Crippen LogP contribution < -0.4 is 9.47 Å². The standard InChI is InChI=1S/C16H13Br2FO2/c1-20-14-3-2-9(7-13(14)19)15(18)12-8-11(17)6-10-4-5-21-16(10)12/h2-3,6-8,15H,4-5H2,1H3. The van der Waals surface area contributed by atoms with Crippen molar-refractivity contribution in [2.45, 2.75) is 11.2 Å². The van der Waals surface area contributed by atoms with Crippen LogP contribution in [-0.2, 0) is 6.42 Å². The number of halogens is 3. The number of benzene rings is 2. The molecule has 0 bridgehead atoms. The van der Waals surface area contributed by atoms with Crippen molar-refractivity contribution in [3.8, 4) is 11.5 Å². The molecule has 2 aromatic rings. The first-order valence-electron chi connectivity index (χ1n) is 6.52. The SMILES string of the molecule is COc1ccc(C(Br)c2cc(Br)cc3c2OCC3)cc1F. The summed E-state index contributed by atoms with van der Waals surface area (Å²) in [5.74, 6) is 0.775. The highest BCUT2D eigenvalue weighted by molar-refractivity contribution is 9.10. The van der Waals surface area contributed by atoms with Gasteiger partial charge in [-0.2, -0.15) is 0 Å². The van der Waals surface area contributed by atoms with E-state index in [0.29, 0.717) is 6.61 Å². The summed E-state index contributed by atoms with van der Waals surface area (Å²) in [7, 11) is 1.46. The fourth-order valence-electron chi connectivity index (χ4n) is 2.51. The molecule has 0 aliphatic carbocycles. The summed E-state index contributed by atoms with van der Waals surface area (Å²) in [6.07, 6.45) is 0.901. The van der Waals surface area contributed by atoms with Gasteiger partial charge in [0.25, 0.3) is 0 Å². The van der Waals surface area contributed by atoms with Crippen LogP contribution in [0.1, 0.15) is 21.5 Å². The van der Waals surface area contributed by atoms with E-state index in [9.17, 15) is 4.39 Å². The van der Waals surface area contributed by atoms with Gasteiger partial charge in [0.1, 0.15) is 5.75 Å². The van der Waals surface area contributed by atoms with Crippen molar-refractivity contribution in [3.05, 3.63) is 57.3 Å². The van der Waals surface area contributed by atoms with E-state index in [2.05, 4.69) is 37.9 Å². The predicted octanol–water partition coefficient (Wildman–Crippen LogP) is 5.02. The van der Waals surface area contributed by atoms with Crippen LogP contribution in [0.3, 0.4) is 0 Å². The van der Waals surface area contributed by atoms with Crippen LogP contribution in [0.5, 0.6) is 11.5 Å². The Kier molecular flexibility index (Phi) is 4.22. The second kappa shape index (κ2) is 5.97. The van der Waals surface area contributed by atoms with Gasteiger partial charge in [-0.1, -0.05) is 37.9 Å². The Morgan fingerprint density at radius 1 is 1.29 bits per heavy atom. The molecule has 1 unspecified atom stereocenters. The molecule has 3 rings (SSSR count). The summed E-state index contributed by atoms with van der Waals surface area (Å²) in [6, 6.07) is 9.05. The van der Waals surface area contributed by atoms with E-state index >= 15 is 0 Å². The molecule has 2 aromatic carbocycles. The highest BCUT2D eigenvalue weighted by atomic mass is 79.9. The number of hydrogen-bond donors (Lipinski definition) is 0. The second-order valence-corrected chi connectivity index (χ2v) is 6.67. The third-order valence-electron chi connectivity index (χ3n) is 3.52. The molecule has 110 valence electrons. The van der Waals surface area contributed by atoms with Gasteiger partial charge in [-0.3, -0.25) is 0 Å². The fourth-order valence-corrected chi connectivity index (χ4v) is 3.65. The topological polar surface area (TPSA) is 18.5 Å². The molecular formula is C16H13Br2FO2. The summed E-state index contributed by atoms with van der Waals surface area (Å²) in [5, 5.41) is 0. The van der Waals surface area contributed by atoms with Crippen LogP contribution in [0, 0.1) is 5.82 Å². The summed E-state index contributed by atoms with van der Waals surface area (Å²) < 4.78 is 25.6. The highest BCUT2D eigenvalue weighted by Gasteiger charge is 2.23. The van der Waals surface area contributed by atoms with Gasteiger partial charge in [-0.05, 0) is 35.4 Å². The summed E-state index contributed by atoms with van der Waals surface area (Å²) >= 11 is 7.18. The Bertz CT molecular complexity index is 688. The van der Waals surface area contributed by atoms with Crippen LogP contribution in [0.25, 0.3) is 0 Å². The van der Waals surface area contributed by atoms with Gasteiger partial charge in [0, 0.05) is 16.5 Å². The van der Waals surface area contributed by atoms with Gasteiger partial charge in [-0.25, -0.2) is 4.39 Å². The van der Waals surface area contributed by atoms with Crippen LogP contribution in [0.4, 0.5) is 4.39 Å². The van der Waals surface area contributed by atoms with E-state index in [4.69, 9.17) is 9.47 Å². The zero-order chi connectivity index (χ0) is 15.0. The third-order valence-corrected chi connectivity index (χ3v) is 5.00. The molecule has 0 fully saturated rings. The molecule has 21 heavy (non-hydrogen) atoms. The van der Waals surface area contributed by atoms with Crippen molar-refractivity contribution in [1.29, 1.82) is 0 Å². The molecule has 0 spiro atoms. The third kappa shape index (κ3) is 2.81. The van der Waals surface area contributed by atoms with Crippen LogP contribution in [0.2, 0.25) is 0 Å². The van der Waals surface area contributed by atoms with Crippen LogP contribution >= 0.6 is 31.9 Å². The van der Waals surface area contributed by atoms with Crippen molar-refractivity contribution in [3.63, 3.8) is 0 Å². The molecule has 1 aliphatic heterocycles. The molecule has 0 saturated carbocycles. The molecule has 0 aromatic heterocycles. The fraction of sp³-hybridized carbons (Fsp3) is 0.250. The average molecular weight is 416 g/mol. The van der Waals surface area contributed by atoms with Gasteiger partial charge in [-0.15, -0.1) is 0 Å². The predicted molar refractivity (Wildman–Crippen MR) is 87.1 cm³/mol. The molecule has 1 aliphatic rings. The van der Waals surface area contributed by atoms with Crippen molar-refractivity contribution >= 4 is 31.9 Å². The van der Waals surface area contributed by atoms with E-state index < -0.39 is 0 Å². The lowest BCUT2D eigenvalue weighted by atomic mass is 10.0. The molecule has 5 heteroatoms. The molecule has 0 radical (unpaired) electrons. The lowest BCUT2D eigenvalue weighted by Crippen LogP contribution is -1.99. The summed E-state index contributed by atoms with van der Waals surface area (Å²) in [4.78, 5) is -0.137. The first kappa shape index (κ1) is 14.9. The van der Waals surface area contributed by atoms with Gasteiger partial charge in [0.2, 0.25) is 0 Å². The minimum Gasteiger partial charge on any atom is -0.494 e. The maximum atomic E-state index is 13.9. The largest absolute Gasteiger partial charge is 0.494 e. The van der Waals surface area contributed by atoms with Gasteiger partial charge in [0.05, 0.1) is 18.5 Å². The Labute approximate surface area is 139 Å². The van der Waals surface area contributed by atoms with E-state index in [1.165, 1.54) is 18.7 Å². The number of ether oxygens (including phenoxy) is 2. The van der Waals surface area contributed by atoms with Crippen molar-refractivity contribution in [2.24, 2.45) is 0 Å². The van der Waals surface area contributed by atoms with Crippen molar-refractivity contribution in [2.75, 3.05) is 13.7 Å². The molecular weight excluding hydrogens is 403 g/mol. The number of hydrogen-bond acceptors (Lipinski definition) is 2. The Morgan fingerprint density at radius 2 is 2.10 bits per heavy atom. The van der Waals surface area contributed by atoms with Gasteiger partial charge in [0.15, 0.2) is 11.6 Å². The Hall–Kier alpha value is -1.07. The molecule has 0 amide bonds. The van der Waals surface area contributed by atoms with E-state index in [1.54, 1.807) is 6.07 Å². The highest BCUT2D eigenvalue weighted by Crippen LogP contribution is 2.43. The maximum absolute atomic E-state index is 13.9. The molecule has 2 nitrogen and oxygen atoms in total. The van der Waals surface area contributed by atoms with E-state index in [0.717, 1.165) is 27.8 Å². The summed E-state index contributed by atoms with van der Waals surface area (Å²) in [6.45, 7) is 0.690. The molecule has 1 heterocycles. The van der Waals surface area contributed by atoms with Crippen LogP contribution in [-0.4, -0.2) is 13.7 Å².